The van der Waals surface area contributed by atoms with Gasteiger partial charge in [-0.25, -0.2) is 0 Å². The predicted molar refractivity (Wildman–Crippen MR) is 63.7 cm³/mol. The van der Waals surface area contributed by atoms with Crippen molar-refractivity contribution in [2.24, 2.45) is 11.3 Å². The molecule has 0 fully saturated rings. The molecule has 0 aliphatic carbocycles. The van der Waals surface area contributed by atoms with Gasteiger partial charge < -0.3 is 4.74 Å². The second-order valence-corrected chi connectivity index (χ2v) is 5.21. The molecule has 2 heteroatoms. The van der Waals surface area contributed by atoms with E-state index in [4.69, 9.17) is 4.74 Å². The first-order chi connectivity index (χ1) is 6.93. The Balaban J connectivity index is 3.88. The minimum absolute atomic E-state index is 0.0407. The lowest BCUT2D eigenvalue weighted by Crippen LogP contribution is -2.24. The van der Waals surface area contributed by atoms with Gasteiger partial charge in [0.1, 0.15) is 0 Å². The van der Waals surface area contributed by atoms with Crippen LogP contribution in [0.5, 0.6) is 0 Å². The highest BCUT2D eigenvalue weighted by molar-refractivity contribution is 5.71. The van der Waals surface area contributed by atoms with Gasteiger partial charge in [-0.05, 0) is 18.3 Å². The number of rotatable bonds is 7. The zero-order valence-corrected chi connectivity index (χ0v) is 10.9. The molecule has 0 amide bonds. The van der Waals surface area contributed by atoms with Crippen molar-refractivity contribution in [2.45, 2.75) is 60.3 Å². The van der Waals surface area contributed by atoms with Gasteiger partial charge in [0.2, 0.25) is 0 Å². The molecule has 0 aromatic carbocycles. The Kier molecular flexibility index (Phi) is 6.62. The molecule has 0 rings (SSSR count). The number of carbonyl (C=O) groups excluding carboxylic acids is 1. The monoisotopic (exact) mass is 214 g/mol. The molecule has 90 valence electrons. The van der Waals surface area contributed by atoms with E-state index in [1.165, 1.54) is 0 Å². The Morgan fingerprint density at radius 2 is 1.87 bits per heavy atom. The van der Waals surface area contributed by atoms with E-state index in [0.717, 1.165) is 25.7 Å². The van der Waals surface area contributed by atoms with E-state index in [1.807, 2.05) is 6.92 Å². The molecule has 0 aromatic heterocycles. The van der Waals surface area contributed by atoms with Gasteiger partial charge in [0.25, 0.3) is 0 Å². The molecule has 0 saturated carbocycles. The summed E-state index contributed by atoms with van der Waals surface area (Å²) in [6.45, 7) is 11.0. The van der Waals surface area contributed by atoms with E-state index in [-0.39, 0.29) is 17.3 Å². The summed E-state index contributed by atoms with van der Waals surface area (Å²) >= 11 is 0. The molecule has 0 N–H and O–H groups in total. The van der Waals surface area contributed by atoms with Crippen molar-refractivity contribution in [3.8, 4) is 0 Å². The largest absolute Gasteiger partial charge is 0.465 e. The van der Waals surface area contributed by atoms with E-state index in [1.54, 1.807) is 0 Å². The third-order valence-corrected chi connectivity index (χ3v) is 2.66. The molecule has 0 aliphatic heterocycles. The quantitative estimate of drug-likeness (QED) is 0.603. The predicted octanol–water partition coefficient (Wildman–Crippen LogP) is 3.79. The fourth-order valence-corrected chi connectivity index (χ4v) is 1.71. The maximum atomic E-state index is 11.6. The van der Waals surface area contributed by atoms with Crippen LogP contribution >= 0.6 is 0 Å². The minimum Gasteiger partial charge on any atom is -0.465 e. The second-order valence-electron chi connectivity index (χ2n) is 5.21. The second kappa shape index (κ2) is 6.86. The molecule has 1 unspecified atom stereocenters. The lowest BCUT2D eigenvalue weighted by Gasteiger charge is -2.24. The van der Waals surface area contributed by atoms with E-state index >= 15 is 0 Å². The van der Waals surface area contributed by atoms with Crippen molar-refractivity contribution in [3.05, 3.63) is 0 Å². The first kappa shape index (κ1) is 14.5. The van der Waals surface area contributed by atoms with Crippen LogP contribution in [0.25, 0.3) is 0 Å². The zero-order chi connectivity index (χ0) is 11.9. The van der Waals surface area contributed by atoms with Crippen molar-refractivity contribution in [2.75, 3.05) is 6.61 Å². The molecule has 0 radical (unpaired) electrons. The standard InChI is InChI=1S/C13H26O2/c1-6-8-11(3)12(14)15-10-13(4,5)9-7-2/h11H,6-10H2,1-5H3. The first-order valence-electron chi connectivity index (χ1n) is 6.09. The van der Waals surface area contributed by atoms with Gasteiger partial charge in [-0.2, -0.15) is 0 Å². The summed E-state index contributed by atoms with van der Waals surface area (Å²) in [5.74, 6) is 0.00783. The van der Waals surface area contributed by atoms with Crippen LogP contribution in [-0.2, 0) is 9.53 Å². The Hall–Kier alpha value is -0.530. The topological polar surface area (TPSA) is 26.3 Å². The molecule has 1 atom stereocenters. The highest BCUT2D eigenvalue weighted by Gasteiger charge is 2.21. The van der Waals surface area contributed by atoms with Gasteiger partial charge in [-0.1, -0.05) is 47.5 Å². The van der Waals surface area contributed by atoms with Crippen LogP contribution in [0.2, 0.25) is 0 Å². The summed E-state index contributed by atoms with van der Waals surface area (Å²) in [7, 11) is 0. The zero-order valence-electron chi connectivity index (χ0n) is 10.9. The van der Waals surface area contributed by atoms with Crippen molar-refractivity contribution in [1.82, 2.24) is 0 Å². The number of hydrogen-bond donors (Lipinski definition) is 0. The average molecular weight is 214 g/mol. The van der Waals surface area contributed by atoms with Gasteiger partial charge in [0.05, 0.1) is 12.5 Å². The summed E-state index contributed by atoms with van der Waals surface area (Å²) in [5, 5.41) is 0. The molecular weight excluding hydrogens is 188 g/mol. The summed E-state index contributed by atoms with van der Waals surface area (Å²) in [5.41, 5.74) is 0.121. The molecule has 2 nitrogen and oxygen atoms in total. The van der Waals surface area contributed by atoms with Crippen LogP contribution in [0.15, 0.2) is 0 Å². The van der Waals surface area contributed by atoms with Gasteiger partial charge in [-0.3, -0.25) is 4.79 Å². The third kappa shape index (κ3) is 6.53. The number of hydrogen-bond acceptors (Lipinski definition) is 2. The van der Waals surface area contributed by atoms with Crippen LogP contribution < -0.4 is 0 Å². The minimum atomic E-state index is -0.0407. The van der Waals surface area contributed by atoms with E-state index in [2.05, 4.69) is 27.7 Å². The highest BCUT2D eigenvalue weighted by Crippen LogP contribution is 2.23. The van der Waals surface area contributed by atoms with Crippen LogP contribution in [0, 0.1) is 11.3 Å². The fourth-order valence-electron chi connectivity index (χ4n) is 1.71. The van der Waals surface area contributed by atoms with Gasteiger partial charge in [0, 0.05) is 0 Å². The van der Waals surface area contributed by atoms with Gasteiger partial charge in [0.15, 0.2) is 0 Å². The summed E-state index contributed by atoms with van der Waals surface area (Å²) in [4.78, 5) is 11.6. The summed E-state index contributed by atoms with van der Waals surface area (Å²) in [6.07, 6.45) is 4.19. The normalized spacial score (nSPS) is 13.7. The Morgan fingerprint density at radius 1 is 1.27 bits per heavy atom. The third-order valence-electron chi connectivity index (χ3n) is 2.66. The molecule has 0 saturated heterocycles. The van der Waals surface area contributed by atoms with Gasteiger partial charge >= 0.3 is 5.97 Å². The fraction of sp³-hybridized carbons (Fsp3) is 0.923. The average Bonchev–Trinajstić information content (AvgIpc) is 2.14. The summed E-state index contributed by atoms with van der Waals surface area (Å²) in [6, 6.07) is 0. The number of carbonyl (C=O) groups is 1. The maximum absolute atomic E-state index is 11.6. The number of esters is 1. The van der Waals surface area contributed by atoms with Crippen molar-refractivity contribution < 1.29 is 9.53 Å². The lowest BCUT2D eigenvalue weighted by atomic mass is 9.89. The molecule has 15 heavy (non-hydrogen) atoms. The molecule has 0 spiro atoms. The van der Waals surface area contributed by atoms with Crippen molar-refractivity contribution in [1.29, 1.82) is 0 Å². The Morgan fingerprint density at radius 3 is 2.33 bits per heavy atom. The van der Waals surface area contributed by atoms with E-state index in [9.17, 15) is 4.79 Å². The first-order valence-corrected chi connectivity index (χ1v) is 6.09. The van der Waals surface area contributed by atoms with Gasteiger partial charge in [-0.15, -0.1) is 0 Å². The smallest absolute Gasteiger partial charge is 0.308 e. The molecular formula is C13H26O2. The number of ether oxygens (including phenoxy) is 1. The lowest BCUT2D eigenvalue weighted by molar-refractivity contribution is -0.151. The van der Waals surface area contributed by atoms with Crippen molar-refractivity contribution >= 4 is 5.97 Å². The Bertz CT molecular complexity index is 185. The Labute approximate surface area is 94.4 Å². The van der Waals surface area contributed by atoms with E-state index in [0.29, 0.717) is 6.61 Å². The van der Waals surface area contributed by atoms with E-state index < -0.39 is 0 Å². The molecule has 0 bridgehead atoms. The van der Waals surface area contributed by atoms with Crippen LogP contribution in [0.3, 0.4) is 0 Å². The molecule has 0 aliphatic rings. The summed E-state index contributed by atoms with van der Waals surface area (Å²) < 4.78 is 5.33. The SMILES string of the molecule is CCCC(C)C(=O)OCC(C)(C)CCC. The van der Waals surface area contributed by atoms with Crippen molar-refractivity contribution in [3.63, 3.8) is 0 Å². The van der Waals surface area contributed by atoms with Crippen LogP contribution in [0.1, 0.15) is 60.3 Å². The highest BCUT2D eigenvalue weighted by atomic mass is 16.5. The van der Waals surface area contributed by atoms with Crippen LogP contribution in [-0.4, -0.2) is 12.6 Å². The molecule has 0 aromatic rings. The molecule has 0 heterocycles. The maximum Gasteiger partial charge on any atom is 0.308 e. The van der Waals surface area contributed by atoms with Crippen LogP contribution in [0.4, 0.5) is 0 Å².